The van der Waals surface area contributed by atoms with Crippen molar-refractivity contribution < 1.29 is 14.6 Å². The highest BCUT2D eigenvalue weighted by molar-refractivity contribution is 5.98. The lowest BCUT2D eigenvalue weighted by molar-refractivity contribution is -0.139. The summed E-state index contributed by atoms with van der Waals surface area (Å²) in [6.45, 7) is 1.70. The van der Waals surface area contributed by atoms with E-state index in [0.717, 1.165) is 27.8 Å². The largest absolute Gasteiger partial charge is 0.482 e. The number of hydrogen-bond acceptors (Lipinski definition) is 4. The van der Waals surface area contributed by atoms with Crippen molar-refractivity contribution in [2.24, 2.45) is 16.2 Å². The minimum Gasteiger partial charge on any atom is -0.482 e. The van der Waals surface area contributed by atoms with Crippen LogP contribution in [-0.2, 0) is 4.79 Å². The van der Waals surface area contributed by atoms with Crippen molar-refractivity contribution in [1.82, 2.24) is 0 Å². The molecule has 6 nitrogen and oxygen atoms in total. The Morgan fingerprint density at radius 3 is 2.03 bits per heavy atom. The number of rotatable bonds is 7. The highest BCUT2D eigenvalue weighted by Crippen LogP contribution is 2.33. The standard InChI is InChI=1S/C23H21N3O3/c1-16(17-5-3-2-4-6-17)23(18-7-11-20(12-8-18)25-26-24)19-9-13-21(14-10-19)29-15-22(27)28/h2-14H,15H2,1H3,(H2,24,25)(H,27,28)/b23-16-. The van der Waals surface area contributed by atoms with Crippen molar-refractivity contribution in [3.63, 3.8) is 0 Å². The van der Waals surface area contributed by atoms with Crippen molar-refractivity contribution in [1.29, 1.82) is 0 Å². The molecule has 0 aliphatic rings. The van der Waals surface area contributed by atoms with Gasteiger partial charge in [-0.1, -0.05) is 59.8 Å². The van der Waals surface area contributed by atoms with Gasteiger partial charge in [-0.05, 0) is 59.0 Å². The molecule has 0 fully saturated rings. The number of nitrogens with zero attached hydrogens (tertiary/aromatic N) is 2. The predicted molar refractivity (Wildman–Crippen MR) is 113 cm³/mol. The molecule has 0 radical (unpaired) electrons. The zero-order valence-electron chi connectivity index (χ0n) is 15.9. The zero-order chi connectivity index (χ0) is 20.6. The second-order valence-electron chi connectivity index (χ2n) is 6.34. The van der Waals surface area contributed by atoms with Gasteiger partial charge in [0.15, 0.2) is 6.61 Å². The summed E-state index contributed by atoms with van der Waals surface area (Å²) in [5.41, 5.74) is 5.95. The summed E-state index contributed by atoms with van der Waals surface area (Å²) in [6.07, 6.45) is 0. The zero-order valence-corrected chi connectivity index (χ0v) is 15.9. The lowest BCUT2D eigenvalue weighted by atomic mass is 9.90. The van der Waals surface area contributed by atoms with E-state index in [0.29, 0.717) is 11.4 Å². The number of carbonyl (C=O) groups is 1. The molecule has 0 aromatic heterocycles. The third kappa shape index (κ3) is 5.07. The van der Waals surface area contributed by atoms with Crippen molar-refractivity contribution in [3.8, 4) is 5.75 Å². The molecule has 0 amide bonds. The van der Waals surface area contributed by atoms with Gasteiger partial charge in [-0.15, -0.1) is 5.11 Å². The minimum atomic E-state index is -1.01. The SMILES string of the molecule is C/C(=C(\c1ccc(N=NN)cc1)c1ccc(OCC(=O)O)cc1)c1ccccc1. The molecule has 0 heterocycles. The van der Waals surface area contributed by atoms with Crippen molar-refractivity contribution in [3.05, 3.63) is 95.6 Å². The Morgan fingerprint density at radius 2 is 1.48 bits per heavy atom. The molecule has 6 heteroatoms. The van der Waals surface area contributed by atoms with Gasteiger partial charge in [0.25, 0.3) is 0 Å². The summed E-state index contributed by atoms with van der Waals surface area (Å²) < 4.78 is 5.25. The fourth-order valence-electron chi connectivity index (χ4n) is 3.06. The van der Waals surface area contributed by atoms with Crippen LogP contribution < -0.4 is 10.6 Å². The quantitative estimate of drug-likeness (QED) is 0.255. The Hall–Kier alpha value is -3.93. The van der Waals surface area contributed by atoms with Gasteiger partial charge in [0.1, 0.15) is 5.75 Å². The number of aliphatic carboxylic acids is 1. The van der Waals surface area contributed by atoms with E-state index >= 15 is 0 Å². The van der Waals surface area contributed by atoms with Gasteiger partial charge >= 0.3 is 5.97 Å². The van der Waals surface area contributed by atoms with Crippen LogP contribution in [0.3, 0.4) is 0 Å². The first-order chi connectivity index (χ1) is 14.1. The Kier molecular flexibility index (Phi) is 6.37. The lowest BCUT2D eigenvalue weighted by Crippen LogP contribution is -2.09. The maximum Gasteiger partial charge on any atom is 0.341 e. The van der Waals surface area contributed by atoms with Crippen LogP contribution >= 0.6 is 0 Å². The predicted octanol–water partition coefficient (Wildman–Crippen LogP) is 5.09. The van der Waals surface area contributed by atoms with Gasteiger partial charge in [-0.2, -0.15) is 0 Å². The molecule has 3 rings (SSSR count). The first kappa shape index (κ1) is 19.8. The maximum absolute atomic E-state index is 10.7. The Morgan fingerprint density at radius 1 is 0.897 bits per heavy atom. The maximum atomic E-state index is 10.7. The number of ether oxygens (including phenoxy) is 1. The number of hydrogen-bond donors (Lipinski definition) is 2. The van der Waals surface area contributed by atoms with E-state index in [4.69, 9.17) is 15.7 Å². The van der Waals surface area contributed by atoms with E-state index in [1.165, 1.54) is 0 Å². The molecule has 0 saturated heterocycles. The van der Waals surface area contributed by atoms with Crippen LogP contribution in [0.2, 0.25) is 0 Å². The van der Waals surface area contributed by atoms with Gasteiger partial charge in [0.2, 0.25) is 0 Å². The van der Waals surface area contributed by atoms with Gasteiger partial charge in [-0.25, -0.2) is 4.79 Å². The Bertz CT molecular complexity index is 1030. The molecule has 29 heavy (non-hydrogen) atoms. The number of benzene rings is 3. The van der Waals surface area contributed by atoms with Crippen LogP contribution in [0, 0.1) is 0 Å². The van der Waals surface area contributed by atoms with E-state index in [2.05, 4.69) is 29.4 Å². The molecule has 0 spiro atoms. The first-order valence-corrected chi connectivity index (χ1v) is 9.01. The number of nitrogens with two attached hydrogens (primary N) is 1. The smallest absolute Gasteiger partial charge is 0.341 e. The van der Waals surface area contributed by atoms with E-state index in [-0.39, 0.29) is 6.61 Å². The Balaban J connectivity index is 2.05. The number of carboxylic acid groups (broad SMARTS) is 1. The number of allylic oxidation sites excluding steroid dienone is 1. The molecule has 3 aromatic rings. The van der Waals surface area contributed by atoms with Crippen LogP contribution in [0.25, 0.3) is 11.1 Å². The van der Waals surface area contributed by atoms with Crippen LogP contribution in [0.5, 0.6) is 5.75 Å². The van der Waals surface area contributed by atoms with Gasteiger partial charge in [-0.3, -0.25) is 0 Å². The molecule has 0 bridgehead atoms. The normalized spacial score (nSPS) is 11.9. The highest BCUT2D eigenvalue weighted by atomic mass is 16.5. The van der Waals surface area contributed by atoms with Crippen LogP contribution in [-0.4, -0.2) is 17.7 Å². The van der Waals surface area contributed by atoms with Crippen LogP contribution in [0.1, 0.15) is 23.6 Å². The second-order valence-corrected chi connectivity index (χ2v) is 6.34. The summed E-state index contributed by atoms with van der Waals surface area (Å²) in [5, 5.41) is 15.9. The molecule has 0 aliphatic heterocycles. The minimum absolute atomic E-state index is 0.373. The lowest BCUT2D eigenvalue weighted by Gasteiger charge is -2.15. The summed E-state index contributed by atoms with van der Waals surface area (Å²) in [7, 11) is 0. The summed E-state index contributed by atoms with van der Waals surface area (Å²) in [4.78, 5) is 10.7. The average Bonchev–Trinajstić information content (AvgIpc) is 2.75. The van der Waals surface area contributed by atoms with Crippen LogP contribution in [0.4, 0.5) is 5.69 Å². The van der Waals surface area contributed by atoms with Gasteiger partial charge in [0.05, 0.1) is 5.69 Å². The van der Waals surface area contributed by atoms with Gasteiger partial charge in [0, 0.05) is 0 Å². The summed E-state index contributed by atoms with van der Waals surface area (Å²) >= 11 is 0. The van der Waals surface area contributed by atoms with Crippen molar-refractivity contribution >= 4 is 22.8 Å². The third-order valence-electron chi connectivity index (χ3n) is 4.42. The molecule has 3 aromatic carbocycles. The van der Waals surface area contributed by atoms with E-state index in [9.17, 15) is 4.79 Å². The van der Waals surface area contributed by atoms with Gasteiger partial charge < -0.3 is 15.7 Å². The third-order valence-corrected chi connectivity index (χ3v) is 4.42. The van der Waals surface area contributed by atoms with E-state index in [1.54, 1.807) is 12.1 Å². The number of carboxylic acids is 1. The second kappa shape index (κ2) is 9.32. The molecule has 0 saturated carbocycles. The van der Waals surface area contributed by atoms with Crippen molar-refractivity contribution in [2.75, 3.05) is 6.61 Å². The van der Waals surface area contributed by atoms with E-state index < -0.39 is 5.97 Å². The molecular formula is C23H21N3O3. The molecule has 0 aliphatic carbocycles. The highest BCUT2D eigenvalue weighted by Gasteiger charge is 2.11. The summed E-state index contributed by atoms with van der Waals surface area (Å²) in [5.74, 6) is 4.63. The first-order valence-electron chi connectivity index (χ1n) is 9.01. The fraction of sp³-hybridized carbons (Fsp3) is 0.0870. The molecule has 3 N–H and O–H groups in total. The van der Waals surface area contributed by atoms with Crippen molar-refractivity contribution in [2.45, 2.75) is 6.92 Å². The average molecular weight is 387 g/mol. The monoisotopic (exact) mass is 387 g/mol. The Labute approximate surface area is 169 Å². The van der Waals surface area contributed by atoms with Crippen LogP contribution in [0.15, 0.2) is 89.2 Å². The molecule has 146 valence electrons. The molecular weight excluding hydrogens is 366 g/mol. The molecule has 0 unspecified atom stereocenters. The molecule has 0 atom stereocenters. The summed E-state index contributed by atoms with van der Waals surface area (Å²) in [6, 6.07) is 25.2. The van der Waals surface area contributed by atoms with E-state index in [1.807, 2.05) is 54.6 Å². The topological polar surface area (TPSA) is 97.3 Å². The fourth-order valence-corrected chi connectivity index (χ4v) is 3.06.